The second-order valence-electron chi connectivity index (χ2n) is 7.20. The van der Waals surface area contributed by atoms with Crippen molar-refractivity contribution in [2.75, 3.05) is 11.3 Å². The van der Waals surface area contributed by atoms with Gasteiger partial charge >= 0.3 is 0 Å². The third kappa shape index (κ3) is 7.04. The maximum atomic E-state index is 12.5. The number of nitrogens with one attached hydrogen (secondary N) is 2. The van der Waals surface area contributed by atoms with E-state index in [4.69, 9.17) is 9.88 Å². The van der Waals surface area contributed by atoms with Crippen molar-refractivity contribution in [3.05, 3.63) is 83.9 Å². The predicted octanol–water partition coefficient (Wildman–Crippen LogP) is 2.14. The van der Waals surface area contributed by atoms with Crippen LogP contribution in [0.3, 0.4) is 0 Å². The van der Waals surface area contributed by atoms with Crippen LogP contribution in [0.1, 0.15) is 11.1 Å². The van der Waals surface area contributed by atoms with Crippen molar-refractivity contribution in [2.24, 2.45) is 5.14 Å². The number of anilines is 1. The smallest absolute Gasteiger partial charge is 0.261 e. The minimum absolute atomic E-state index is 0.0135. The molecular weight excluding hydrogens is 466 g/mol. The third-order valence-electron chi connectivity index (χ3n) is 4.52. The summed E-state index contributed by atoms with van der Waals surface area (Å²) >= 11 is 0. The van der Waals surface area contributed by atoms with Gasteiger partial charge in [0, 0.05) is 12.2 Å². The van der Waals surface area contributed by atoms with Gasteiger partial charge in [0.1, 0.15) is 5.75 Å². The van der Waals surface area contributed by atoms with Gasteiger partial charge in [-0.05, 0) is 66.6 Å². The molecular formula is C22H23N3O6S2. The molecule has 0 fully saturated rings. The highest BCUT2D eigenvalue weighted by Crippen LogP contribution is 2.20. The van der Waals surface area contributed by atoms with Crippen LogP contribution in [0.5, 0.6) is 5.75 Å². The second-order valence-corrected chi connectivity index (χ2v) is 10.4. The van der Waals surface area contributed by atoms with E-state index in [-0.39, 0.29) is 22.9 Å². The Morgan fingerprint density at radius 1 is 0.909 bits per heavy atom. The highest BCUT2D eigenvalue weighted by atomic mass is 32.2. The fourth-order valence-electron chi connectivity index (χ4n) is 2.84. The minimum Gasteiger partial charge on any atom is -0.484 e. The molecule has 0 aliphatic rings. The maximum Gasteiger partial charge on any atom is 0.261 e. The molecule has 0 unspecified atom stereocenters. The fraction of sp³-hybridized carbons (Fsp3) is 0.136. The number of ether oxygens (including phenoxy) is 1. The van der Waals surface area contributed by atoms with Gasteiger partial charge in [-0.2, -0.15) is 0 Å². The van der Waals surface area contributed by atoms with Crippen molar-refractivity contribution >= 4 is 31.6 Å². The van der Waals surface area contributed by atoms with Crippen LogP contribution in [0, 0.1) is 6.92 Å². The first-order chi connectivity index (χ1) is 15.5. The normalized spacial score (nSPS) is 11.6. The molecule has 0 bridgehead atoms. The van der Waals surface area contributed by atoms with Gasteiger partial charge in [-0.1, -0.05) is 24.3 Å². The molecule has 0 atom stereocenters. The molecule has 4 N–H and O–H groups in total. The molecule has 174 valence electrons. The van der Waals surface area contributed by atoms with Crippen molar-refractivity contribution < 1.29 is 26.4 Å². The largest absolute Gasteiger partial charge is 0.484 e. The average Bonchev–Trinajstić information content (AvgIpc) is 2.76. The minimum atomic E-state index is -3.77. The quantitative estimate of drug-likeness (QED) is 0.420. The summed E-state index contributed by atoms with van der Waals surface area (Å²) in [4.78, 5) is 12.1. The third-order valence-corrected chi connectivity index (χ3v) is 6.84. The summed E-state index contributed by atoms with van der Waals surface area (Å²) in [5.41, 5.74) is 2.08. The first kappa shape index (κ1) is 24.2. The zero-order valence-electron chi connectivity index (χ0n) is 17.7. The van der Waals surface area contributed by atoms with E-state index < -0.39 is 26.0 Å². The number of carbonyl (C=O) groups is 1. The Kier molecular flexibility index (Phi) is 7.36. The van der Waals surface area contributed by atoms with Crippen molar-refractivity contribution in [2.45, 2.75) is 23.3 Å². The van der Waals surface area contributed by atoms with Crippen LogP contribution < -0.4 is 19.9 Å². The molecule has 0 aliphatic heterocycles. The monoisotopic (exact) mass is 489 g/mol. The lowest BCUT2D eigenvalue weighted by atomic mass is 10.2. The average molecular weight is 490 g/mol. The Bertz CT molecular complexity index is 1340. The molecule has 0 saturated carbocycles. The summed E-state index contributed by atoms with van der Waals surface area (Å²) in [6, 6.07) is 18.5. The van der Waals surface area contributed by atoms with Gasteiger partial charge in [-0.25, -0.2) is 22.0 Å². The number of hydrogen-bond acceptors (Lipinski definition) is 6. The summed E-state index contributed by atoms with van der Waals surface area (Å²) in [6.45, 7) is 1.77. The molecule has 0 saturated heterocycles. The van der Waals surface area contributed by atoms with Gasteiger partial charge < -0.3 is 10.1 Å². The number of amides is 1. The lowest BCUT2D eigenvalue weighted by molar-refractivity contribution is -0.123. The van der Waals surface area contributed by atoms with Crippen LogP contribution in [-0.2, 0) is 31.4 Å². The lowest BCUT2D eigenvalue weighted by Crippen LogP contribution is -2.28. The number of aryl methyl sites for hydroxylation is 1. The molecule has 0 spiro atoms. The van der Waals surface area contributed by atoms with Crippen LogP contribution >= 0.6 is 0 Å². The molecule has 0 aromatic heterocycles. The number of sulfonamides is 2. The fourth-order valence-corrected chi connectivity index (χ4v) is 4.40. The van der Waals surface area contributed by atoms with Crippen molar-refractivity contribution in [3.8, 4) is 5.75 Å². The molecule has 33 heavy (non-hydrogen) atoms. The van der Waals surface area contributed by atoms with Crippen LogP contribution in [0.4, 0.5) is 5.69 Å². The molecule has 3 aromatic carbocycles. The van der Waals surface area contributed by atoms with Gasteiger partial charge in [0.2, 0.25) is 10.0 Å². The zero-order valence-corrected chi connectivity index (χ0v) is 19.3. The number of hydrogen-bond donors (Lipinski definition) is 3. The highest BCUT2D eigenvalue weighted by molar-refractivity contribution is 7.92. The molecule has 0 radical (unpaired) electrons. The van der Waals surface area contributed by atoms with Gasteiger partial charge in [0.05, 0.1) is 9.79 Å². The van der Waals surface area contributed by atoms with Crippen molar-refractivity contribution in [3.63, 3.8) is 0 Å². The molecule has 3 aromatic rings. The van der Waals surface area contributed by atoms with Crippen molar-refractivity contribution in [1.29, 1.82) is 0 Å². The van der Waals surface area contributed by atoms with Crippen molar-refractivity contribution in [1.82, 2.24) is 5.32 Å². The number of benzene rings is 3. The standard InChI is InChI=1S/C22H23N3O6S2/c1-16-3-2-4-18(13-16)25-33(29,30)21-11-7-19(8-12-21)31-15-22(26)24-14-17-5-9-20(10-6-17)32(23,27)28/h2-13,25H,14-15H2,1H3,(H,24,26)(H2,23,27,28). The zero-order chi connectivity index (χ0) is 24.1. The SMILES string of the molecule is Cc1cccc(NS(=O)(=O)c2ccc(OCC(=O)NCc3ccc(S(N)(=O)=O)cc3)cc2)c1. The summed E-state index contributed by atoms with van der Waals surface area (Å²) in [6.07, 6.45) is 0. The molecule has 0 heterocycles. The van der Waals surface area contributed by atoms with E-state index in [0.29, 0.717) is 17.0 Å². The molecule has 0 aliphatic carbocycles. The summed E-state index contributed by atoms with van der Waals surface area (Å²) in [5.74, 6) is -0.0690. The molecule has 1 amide bonds. The number of primary sulfonamides is 1. The number of carbonyl (C=O) groups excluding carboxylic acids is 1. The Morgan fingerprint density at radius 2 is 1.55 bits per heavy atom. The summed E-state index contributed by atoms with van der Waals surface area (Å²) in [5, 5.41) is 7.69. The molecule has 11 heteroatoms. The topological polar surface area (TPSA) is 145 Å². The van der Waals surface area contributed by atoms with E-state index in [0.717, 1.165) is 5.56 Å². The van der Waals surface area contributed by atoms with E-state index >= 15 is 0 Å². The van der Waals surface area contributed by atoms with Gasteiger partial charge in [0.15, 0.2) is 6.61 Å². The van der Waals surface area contributed by atoms with Gasteiger partial charge in [-0.15, -0.1) is 0 Å². The van der Waals surface area contributed by atoms with E-state index in [9.17, 15) is 21.6 Å². The number of nitrogens with two attached hydrogens (primary N) is 1. The maximum absolute atomic E-state index is 12.5. The van der Waals surface area contributed by atoms with Crippen LogP contribution in [0.2, 0.25) is 0 Å². The van der Waals surface area contributed by atoms with E-state index in [1.54, 1.807) is 30.3 Å². The second kappa shape index (κ2) is 10.0. The Hall–Kier alpha value is -3.41. The van der Waals surface area contributed by atoms with E-state index in [2.05, 4.69) is 10.0 Å². The van der Waals surface area contributed by atoms with Crippen LogP contribution in [0.25, 0.3) is 0 Å². The predicted molar refractivity (Wildman–Crippen MR) is 124 cm³/mol. The summed E-state index contributed by atoms with van der Waals surface area (Å²) in [7, 11) is -7.53. The van der Waals surface area contributed by atoms with Crippen LogP contribution in [0.15, 0.2) is 82.6 Å². The Labute approximate surface area is 192 Å². The highest BCUT2D eigenvalue weighted by Gasteiger charge is 2.14. The van der Waals surface area contributed by atoms with E-state index in [1.165, 1.54) is 36.4 Å². The molecule has 3 rings (SSSR count). The van der Waals surface area contributed by atoms with Gasteiger partial charge in [0.25, 0.3) is 15.9 Å². The number of rotatable bonds is 9. The Balaban J connectivity index is 1.51. The first-order valence-electron chi connectivity index (χ1n) is 9.74. The van der Waals surface area contributed by atoms with Gasteiger partial charge in [-0.3, -0.25) is 9.52 Å². The molecule has 9 nitrogen and oxygen atoms in total. The van der Waals surface area contributed by atoms with E-state index in [1.807, 2.05) is 13.0 Å². The lowest BCUT2D eigenvalue weighted by Gasteiger charge is -2.10. The summed E-state index contributed by atoms with van der Waals surface area (Å²) < 4.78 is 55.5. The Morgan fingerprint density at radius 3 is 2.15 bits per heavy atom. The first-order valence-corrected chi connectivity index (χ1v) is 12.8. The van der Waals surface area contributed by atoms with Crippen LogP contribution in [-0.4, -0.2) is 29.3 Å².